The zero-order chi connectivity index (χ0) is 12.6. The Morgan fingerprint density at radius 3 is 2.47 bits per heavy atom. The number of hydrogen-bond acceptors (Lipinski definition) is 3. The maximum Gasteiger partial charge on any atom is 0.306 e. The van der Waals surface area contributed by atoms with Crippen molar-refractivity contribution in [3.8, 4) is 0 Å². The minimum absolute atomic E-state index is 0.0140. The van der Waals surface area contributed by atoms with Gasteiger partial charge < -0.3 is 15.7 Å². The molecule has 1 aliphatic heterocycles. The minimum Gasteiger partial charge on any atom is -0.481 e. The Morgan fingerprint density at radius 1 is 1.41 bits per heavy atom. The lowest BCUT2D eigenvalue weighted by molar-refractivity contribution is -0.151. The fraction of sp³-hybridized carbons (Fsp3) is 0.833. The van der Waals surface area contributed by atoms with E-state index in [1.54, 1.807) is 4.90 Å². The van der Waals surface area contributed by atoms with E-state index in [0.717, 1.165) is 19.3 Å². The van der Waals surface area contributed by atoms with Crippen molar-refractivity contribution in [3.05, 3.63) is 0 Å². The fourth-order valence-corrected chi connectivity index (χ4v) is 2.76. The van der Waals surface area contributed by atoms with Crippen molar-refractivity contribution >= 4 is 11.9 Å². The summed E-state index contributed by atoms with van der Waals surface area (Å²) >= 11 is 0. The van der Waals surface area contributed by atoms with Crippen LogP contribution in [0.25, 0.3) is 0 Å². The molecule has 0 aromatic heterocycles. The highest BCUT2D eigenvalue weighted by Gasteiger charge is 2.45. The molecule has 0 bridgehead atoms. The van der Waals surface area contributed by atoms with Crippen molar-refractivity contribution < 1.29 is 14.7 Å². The molecular formula is C12H20N2O3. The number of carboxylic acids is 1. The average Bonchev–Trinajstić information content (AvgIpc) is 2.24. The first-order chi connectivity index (χ1) is 7.94. The molecule has 1 heterocycles. The molecule has 1 amide bonds. The van der Waals surface area contributed by atoms with E-state index in [1.807, 2.05) is 6.92 Å². The lowest BCUT2D eigenvalue weighted by atomic mass is 9.75. The number of aliphatic carboxylic acids is 1. The lowest BCUT2D eigenvalue weighted by Gasteiger charge is -2.45. The first-order valence-corrected chi connectivity index (χ1v) is 6.27. The third-order valence-electron chi connectivity index (χ3n) is 4.16. The van der Waals surface area contributed by atoms with Crippen molar-refractivity contribution in [1.82, 2.24) is 4.90 Å². The number of hydrogen-bond donors (Lipinski definition) is 2. The van der Waals surface area contributed by atoms with Gasteiger partial charge in [-0.1, -0.05) is 0 Å². The molecule has 5 nitrogen and oxygen atoms in total. The molecule has 3 N–H and O–H groups in total. The summed E-state index contributed by atoms with van der Waals surface area (Å²) in [7, 11) is 0. The van der Waals surface area contributed by atoms with Gasteiger partial charge in [0.2, 0.25) is 5.91 Å². The standard InChI is InChI=1S/C12H20N2O3/c1-8-7-9(10(15)16)3-6-14(8)11(17)12(13)4-2-5-12/h8-9H,2-7,13H2,1H3,(H,15,16). The van der Waals surface area contributed by atoms with Gasteiger partial charge in [0.25, 0.3) is 0 Å². The number of amides is 1. The van der Waals surface area contributed by atoms with Crippen molar-refractivity contribution in [2.45, 2.75) is 50.6 Å². The summed E-state index contributed by atoms with van der Waals surface area (Å²) in [6.07, 6.45) is 3.62. The second kappa shape index (κ2) is 4.29. The fourth-order valence-electron chi connectivity index (χ4n) is 2.76. The summed E-state index contributed by atoms with van der Waals surface area (Å²) in [5, 5.41) is 8.97. The smallest absolute Gasteiger partial charge is 0.306 e. The lowest BCUT2D eigenvalue weighted by Crippen LogP contribution is -2.62. The van der Waals surface area contributed by atoms with Crippen LogP contribution in [0.3, 0.4) is 0 Å². The molecule has 2 fully saturated rings. The SMILES string of the molecule is CC1CC(C(=O)O)CCN1C(=O)C1(N)CCC1. The summed E-state index contributed by atoms with van der Waals surface area (Å²) in [5.74, 6) is -1.06. The number of piperidine rings is 1. The number of carbonyl (C=O) groups excluding carboxylic acids is 1. The summed E-state index contributed by atoms with van der Waals surface area (Å²) in [6, 6.07) is -0.0154. The molecule has 1 aliphatic carbocycles. The van der Waals surface area contributed by atoms with Crippen LogP contribution in [0.15, 0.2) is 0 Å². The molecule has 2 aliphatic rings. The maximum absolute atomic E-state index is 12.2. The van der Waals surface area contributed by atoms with Crippen LogP contribution in [0.5, 0.6) is 0 Å². The molecule has 5 heteroatoms. The Kier molecular flexibility index (Phi) is 3.12. The highest BCUT2D eigenvalue weighted by molar-refractivity contribution is 5.87. The van der Waals surface area contributed by atoms with E-state index >= 15 is 0 Å². The Labute approximate surface area is 101 Å². The van der Waals surface area contributed by atoms with Gasteiger partial charge in [0.1, 0.15) is 0 Å². The number of rotatable bonds is 2. The van der Waals surface area contributed by atoms with Crippen molar-refractivity contribution in [2.24, 2.45) is 11.7 Å². The number of carbonyl (C=O) groups is 2. The van der Waals surface area contributed by atoms with Crippen LogP contribution in [-0.4, -0.2) is 40.0 Å². The van der Waals surface area contributed by atoms with E-state index < -0.39 is 11.5 Å². The summed E-state index contributed by atoms with van der Waals surface area (Å²) in [4.78, 5) is 24.9. The molecule has 2 atom stereocenters. The van der Waals surface area contributed by atoms with Crippen molar-refractivity contribution in [3.63, 3.8) is 0 Å². The molecule has 0 aromatic rings. The monoisotopic (exact) mass is 240 g/mol. The highest BCUT2D eigenvalue weighted by atomic mass is 16.4. The maximum atomic E-state index is 12.2. The largest absolute Gasteiger partial charge is 0.481 e. The first kappa shape index (κ1) is 12.4. The number of carboxylic acid groups (broad SMARTS) is 1. The van der Waals surface area contributed by atoms with Crippen LogP contribution in [-0.2, 0) is 9.59 Å². The van der Waals surface area contributed by atoms with Gasteiger partial charge in [0.15, 0.2) is 0 Å². The zero-order valence-corrected chi connectivity index (χ0v) is 10.2. The second-order valence-electron chi connectivity index (χ2n) is 5.42. The number of nitrogens with zero attached hydrogens (tertiary/aromatic N) is 1. The van der Waals surface area contributed by atoms with Crippen LogP contribution in [0.4, 0.5) is 0 Å². The molecule has 0 aromatic carbocycles. The topological polar surface area (TPSA) is 83.6 Å². The van der Waals surface area contributed by atoms with Gasteiger partial charge in [0, 0.05) is 12.6 Å². The summed E-state index contributed by atoms with van der Waals surface area (Å²) < 4.78 is 0. The van der Waals surface area contributed by atoms with Gasteiger partial charge in [-0.15, -0.1) is 0 Å². The van der Waals surface area contributed by atoms with E-state index in [1.165, 1.54) is 0 Å². The summed E-state index contributed by atoms with van der Waals surface area (Å²) in [6.45, 7) is 2.44. The predicted octanol–water partition coefficient (Wildman–Crippen LogP) is 0.579. The van der Waals surface area contributed by atoms with Gasteiger partial charge in [-0.2, -0.15) is 0 Å². The van der Waals surface area contributed by atoms with Crippen molar-refractivity contribution in [2.75, 3.05) is 6.54 Å². The molecule has 17 heavy (non-hydrogen) atoms. The normalized spacial score (nSPS) is 31.8. The zero-order valence-electron chi connectivity index (χ0n) is 10.2. The van der Waals surface area contributed by atoms with Crippen LogP contribution >= 0.6 is 0 Å². The molecule has 2 unspecified atom stereocenters. The van der Waals surface area contributed by atoms with Gasteiger partial charge in [0.05, 0.1) is 11.5 Å². The Hall–Kier alpha value is -1.10. The third kappa shape index (κ3) is 2.16. The minimum atomic E-state index is -0.755. The van der Waals surface area contributed by atoms with Gasteiger partial charge in [-0.05, 0) is 39.0 Å². The molecular weight excluding hydrogens is 220 g/mol. The van der Waals surface area contributed by atoms with Crippen LogP contribution in [0.2, 0.25) is 0 Å². The van der Waals surface area contributed by atoms with Crippen molar-refractivity contribution in [1.29, 1.82) is 0 Å². The van der Waals surface area contributed by atoms with E-state index in [2.05, 4.69) is 0 Å². The molecule has 2 rings (SSSR count). The van der Waals surface area contributed by atoms with Gasteiger partial charge in [-0.3, -0.25) is 9.59 Å². The number of nitrogens with two attached hydrogens (primary N) is 1. The van der Waals surface area contributed by atoms with E-state index in [9.17, 15) is 9.59 Å². The van der Waals surface area contributed by atoms with E-state index in [4.69, 9.17) is 10.8 Å². The first-order valence-electron chi connectivity index (χ1n) is 6.27. The van der Waals surface area contributed by atoms with Crippen LogP contribution in [0, 0.1) is 5.92 Å². The third-order valence-corrected chi connectivity index (χ3v) is 4.16. The number of likely N-dealkylation sites (tertiary alicyclic amines) is 1. The molecule has 0 radical (unpaired) electrons. The molecule has 0 spiro atoms. The van der Waals surface area contributed by atoms with Crippen LogP contribution in [0.1, 0.15) is 39.0 Å². The summed E-state index contributed by atoms with van der Waals surface area (Å²) in [5.41, 5.74) is 5.36. The molecule has 96 valence electrons. The highest BCUT2D eigenvalue weighted by Crippen LogP contribution is 2.33. The predicted molar refractivity (Wildman–Crippen MR) is 62.3 cm³/mol. The quantitative estimate of drug-likeness (QED) is 0.739. The van der Waals surface area contributed by atoms with E-state index in [0.29, 0.717) is 19.4 Å². The Morgan fingerprint density at radius 2 is 2.06 bits per heavy atom. The molecule has 1 saturated carbocycles. The van der Waals surface area contributed by atoms with Crippen LogP contribution < -0.4 is 5.73 Å². The second-order valence-corrected chi connectivity index (χ2v) is 5.42. The van der Waals surface area contributed by atoms with Gasteiger partial charge >= 0.3 is 5.97 Å². The Balaban J connectivity index is 1.99. The van der Waals surface area contributed by atoms with E-state index in [-0.39, 0.29) is 17.9 Å². The molecule has 1 saturated heterocycles. The average molecular weight is 240 g/mol. The Bertz CT molecular complexity index is 339. The van der Waals surface area contributed by atoms with Gasteiger partial charge in [-0.25, -0.2) is 0 Å².